The van der Waals surface area contributed by atoms with Crippen molar-refractivity contribution in [2.75, 3.05) is 7.11 Å². The van der Waals surface area contributed by atoms with Gasteiger partial charge in [0.15, 0.2) is 0 Å². The van der Waals surface area contributed by atoms with Crippen LogP contribution in [0.15, 0.2) is 12.1 Å². The van der Waals surface area contributed by atoms with Crippen LogP contribution in [0.1, 0.15) is 62.6 Å². The van der Waals surface area contributed by atoms with Gasteiger partial charge in [-0.05, 0) is 68.6 Å². The molecule has 2 heteroatoms. The van der Waals surface area contributed by atoms with Gasteiger partial charge in [-0.2, -0.15) is 0 Å². The number of benzene rings is 1. The molecule has 0 saturated heterocycles. The average Bonchev–Trinajstić information content (AvgIpc) is 2.36. The lowest BCUT2D eigenvalue weighted by Crippen LogP contribution is -2.34. The Hall–Kier alpha value is -1.02. The second-order valence-corrected chi connectivity index (χ2v) is 7.28. The molecule has 0 aromatic heterocycles. The summed E-state index contributed by atoms with van der Waals surface area (Å²) in [5.74, 6) is 2.16. The van der Waals surface area contributed by atoms with Crippen molar-refractivity contribution in [1.82, 2.24) is 0 Å². The Labute approximate surface area is 129 Å². The van der Waals surface area contributed by atoms with Crippen LogP contribution >= 0.6 is 0 Å². The Bertz CT molecular complexity index is 493. The van der Waals surface area contributed by atoms with E-state index in [2.05, 4.69) is 33.8 Å². The first-order chi connectivity index (χ1) is 9.85. The van der Waals surface area contributed by atoms with Crippen LogP contribution in [0, 0.1) is 25.7 Å². The standard InChI is InChI=1S/C19H30O2/c1-13(2)9-16-7-6-8-19(20,12-16)18-15(4)10-14(3)11-17(18)21-5/h10-11,13,16,20H,6-9,12H2,1-5H3. The molecule has 0 heterocycles. The third-order valence-electron chi connectivity index (χ3n) is 4.76. The number of hydrogen-bond donors (Lipinski definition) is 1. The van der Waals surface area contributed by atoms with Crippen molar-refractivity contribution in [1.29, 1.82) is 0 Å². The summed E-state index contributed by atoms with van der Waals surface area (Å²) in [4.78, 5) is 0. The number of ether oxygens (including phenoxy) is 1. The second kappa shape index (κ2) is 6.39. The molecule has 1 aromatic carbocycles. The molecule has 1 aromatic rings. The summed E-state index contributed by atoms with van der Waals surface area (Å²) in [5, 5.41) is 11.3. The van der Waals surface area contributed by atoms with Crippen LogP contribution in [0.25, 0.3) is 0 Å². The van der Waals surface area contributed by atoms with Crippen molar-refractivity contribution < 1.29 is 9.84 Å². The van der Waals surface area contributed by atoms with Crippen molar-refractivity contribution in [3.63, 3.8) is 0 Å². The van der Waals surface area contributed by atoms with E-state index in [4.69, 9.17) is 4.74 Å². The van der Waals surface area contributed by atoms with Crippen LogP contribution in [0.4, 0.5) is 0 Å². The van der Waals surface area contributed by atoms with E-state index in [1.54, 1.807) is 7.11 Å². The predicted molar refractivity (Wildman–Crippen MR) is 87.8 cm³/mol. The summed E-state index contributed by atoms with van der Waals surface area (Å²) in [6.45, 7) is 8.71. The molecule has 1 fully saturated rings. The van der Waals surface area contributed by atoms with E-state index < -0.39 is 5.60 Å². The SMILES string of the molecule is COc1cc(C)cc(C)c1C1(O)CCCC(CC(C)C)C1. The summed E-state index contributed by atoms with van der Waals surface area (Å²) in [5.41, 5.74) is 2.64. The van der Waals surface area contributed by atoms with Crippen molar-refractivity contribution in [3.8, 4) is 5.75 Å². The maximum absolute atomic E-state index is 11.3. The van der Waals surface area contributed by atoms with E-state index in [1.807, 2.05) is 6.07 Å². The van der Waals surface area contributed by atoms with Gasteiger partial charge in [0.2, 0.25) is 0 Å². The van der Waals surface area contributed by atoms with Crippen LogP contribution in [-0.2, 0) is 5.60 Å². The monoisotopic (exact) mass is 290 g/mol. The molecule has 2 atom stereocenters. The molecule has 0 radical (unpaired) electrons. The Kier molecular flexibility index (Phi) is 4.98. The molecular weight excluding hydrogens is 260 g/mol. The van der Waals surface area contributed by atoms with Gasteiger partial charge in [-0.3, -0.25) is 0 Å². The molecule has 2 unspecified atom stereocenters. The summed E-state index contributed by atoms with van der Waals surface area (Å²) in [7, 11) is 1.70. The summed E-state index contributed by atoms with van der Waals surface area (Å²) in [6.07, 6.45) is 5.26. The molecule has 2 nitrogen and oxygen atoms in total. The highest BCUT2D eigenvalue weighted by molar-refractivity contribution is 5.46. The van der Waals surface area contributed by atoms with E-state index in [0.717, 1.165) is 36.1 Å². The van der Waals surface area contributed by atoms with Gasteiger partial charge in [-0.15, -0.1) is 0 Å². The van der Waals surface area contributed by atoms with Gasteiger partial charge in [0.25, 0.3) is 0 Å². The van der Waals surface area contributed by atoms with E-state index in [0.29, 0.717) is 11.8 Å². The maximum atomic E-state index is 11.3. The minimum Gasteiger partial charge on any atom is -0.496 e. The number of aliphatic hydroxyl groups is 1. The minimum atomic E-state index is -0.721. The Morgan fingerprint density at radius 2 is 2.05 bits per heavy atom. The second-order valence-electron chi connectivity index (χ2n) is 7.28. The van der Waals surface area contributed by atoms with E-state index >= 15 is 0 Å². The zero-order chi connectivity index (χ0) is 15.6. The van der Waals surface area contributed by atoms with Crippen molar-refractivity contribution in [2.45, 2.75) is 65.4 Å². The highest BCUT2D eigenvalue weighted by Gasteiger charge is 2.39. The average molecular weight is 290 g/mol. The molecule has 0 bridgehead atoms. The lowest BCUT2D eigenvalue weighted by atomic mass is 9.71. The third-order valence-corrected chi connectivity index (χ3v) is 4.76. The van der Waals surface area contributed by atoms with Gasteiger partial charge in [-0.1, -0.05) is 26.3 Å². The molecule has 1 N–H and O–H groups in total. The largest absolute Gasteiger partial charge is 0.496 e. The molecular formula is C19H30O2. The van der Waals surface area contributed by atoms with Crippen LogP contribution in [0.3, 0.4) is 0 Å². The van der Waals surface area contributed by atoms with Crippen LogP contribution < -0.4 is 4.74 Å². The molecule has 0 amide bonds. The predicted octanol–water partition coefficient (Wildman–Crippen LogP) is 4.74. The Morgan fingerprint density at radius 1 is 1.33 bits per heavy atom. The van der Waals surface area contributed by atoms with Gasteiger partial charge < -0.3 is 9.84 Å². The van der Waals surface area contributed by atoms with E-state index in [9.17, 15) is 5.11 Å². The van der Waals surface area contributed by atoms with E-state index in [-0.39, 0.29) is 0 Å². The molecule has 1 aliphatic carbocycles. The first kappa shape index (κ1) is 16.4. The minimum absolute atomic E-state index is 0.620. The van der Waals surface area contributed by atoms with Crippen molar-refractivity contribution >= 4 is 0 Å². The quantitative estimate of drug-likeness (QED) is 0.868. The lowest BCUT2D eigenvalue weighted by molar-refractivity contribution is -0.0265. The molecule has 2 rings (SSSR count). The highest BCUT2D eigenvalue weighted by Crippen LogP contribution is 2.46. The molecule has 0 spiro atoms. The molecule has 1 saturated carbocycles. The molecule has 118 valence electrons. The fourth-order valence-corrected chi connectivity index (χ4v) is 4.15. The lowest BCUT2D eigenvalue weighted by Gasteiger charge is -2.39. The number of hydrogen-bond acceptors (Lipinski definition) is 2. The van der Waals surface area contributed by atoms with Gasteiger partial charge in [-0.25, -0.2) is 0 Å². The number of aryl methyl sites for hydroxylation is 2. The summed E-state index contributed by atoms with van der Waals surface area (Å²) in [6, 6.07) is 4.20. The number of rotatable bonds is 4. The van der Waals surface area contributed by atoms with E-state index in [1.165, 1.54) is 18.4 Å². The Balaban J connectivity index is 2.35. The summed E-state index contributed by atoms with van der Waals surface area (Å²) >= 11 is 0. The fraction of sp³-hybridized carbons (Fsp3) is 0.684. The van der Waals surface area contributed by atoms with Crippen LogP contribution in [0.5, 0.6) is 5.75 Å². The topological polar surface area (TPSA) is 29.5 Å². The van der Waals surface area contributed by atoms with Crippen LogP contribution in [0.2, 0.25) is 0 Å². The molecule has 0 aliphatic heterocycles. The smallest absolute Gasteiger partial charge is 0.125 e. The third kappa shape index (κ3) is 3.60. The first-order valence-corrected chi connectivity index (χ1v) is 8.24. The first-order valence-electron chi connectivity index (χ1n) is 8.24. The van der Waals surface area contributed by atoms with Gasteiger partial charge >= 0.3 is 0 Å². The van der Waals surface area contributed by atoms with Crippen LogP contribution in [-0.4, -0.2) is 12.2 Å². The van der Waals surface area contributed by atoms with Crippen molar-refractivity contribution in [2.24, 2.45) is 11.8 Å². The van der Waals surface area contributed by atoms with Gasteiger partial charge in [0, 0.05) is 5.56 Å². The highest BCUT2D eigenvalue weighted by atomic mass is 16.5. The zero-order valence-corrected chi connectivity index (χ0v) is 14.2. The summed E-state index contributed by atoms with van der Waals surface area (Å²) < 4.78 is 5.58. The zero-order valence-electron chi connectivity index (χ0n) is 14.2. The Morgan fingerprint density at radius 3 is 2.67 bits per heavy atom. The fourth-order valence-electron chi connectivity index (χ4n) is 4.15. The van der Waals surface area contributed by atoms with Gasteiger partial charge in [0.05, 0.1) is 12.7 Å². The number of methoxy groups -OCH3 is 1. The van der Waals surface area contributed by atoms with Gasteiger partial charge in [0.1, 0.15) is 5.75 Å². The maximum Gasteiger partial charge on any atom is 0.125 e. The normalized spacial score (nSPS) is 26.1. The molecule has 21 heavy (non-hydrogen) atoms. The molecule has 1 aliphatic rings. The van der Waals surface area contributed by atoms with Crippen molar-refractivity contribution in [3.05, 3.63) is 28.8 Å².